The number of nitrogens with zero attached hydrogens (tertiary/aromatic N) is 1. The molecule has 2 aliphatic rings. The van der Waals surface area contributed by atoms with Gasteiger partial charge in [-0.05, 0) is 44.7 Å². The fourth-order valence-corrected chi connectivity index (χ4v) is 2.58. The summed E-state index contributed by atoms with van der Waals surface area (Å²) in [4.78, 5) is 2.59. The van der Waals surface area contributed by atoms with Gasteiger partial charge in [-0.25, -0.2) is 0 Å². The molecule has 1 aliphatic carbocycles. The van der Waals surface area contributed by atoms with E-state index in [1.54, 1.807) is 0 Å². The maximum Gasteiger partial charge on any atom is 0.0593 e. The van der Waals surface area contributed by atoms with Crippen LogP contribution in [0.25, 0.3) is 0 Å². The Bertz CT molecular complexity index is 206. The van der Waals surface area contributed by atoms with E-state index in [0.29, 0.717) is 0 Å². The van der Waals surface area contributed by atoms with Crippen molar-refractivity contribution in [1.82, 2.24) is 10.2 Å². The molecule has 2 fully saturated rings. The van der Waals surface area contributed by atoms with Crippen LogP contribution in [-0.4, -0.2) is 50.3 Å². The van der Waals surface area contributed by atoms with E-state index in [1.807, 2.05) is 0 Å². The molecular weight excluding hydrogens is 212 g/mol. The fraction of sp³-hybridized carbons (Fsp3) is 1.00. The van der Waals surface area contributed by atoms with Crippen molar-refractivity contribution < 1.29 is 4.74 Å². The van der Waals surface area contributed by atoms with Gasteiger partial charge in [0.25, 0.3) is 0 Å². The van der Waals surface area contributed by atoms with E-state index in [9.17, 15) is 0 Å². The van der Waals surface area contributed by atoms with E-state index >= 15 is 0 Å². The smallest absolute Gasteiger partial charge is 0.0593 e. The third-order valence-corrected chi connectivity index (χ3v) is 3.90. The summed E-state index contributed by atoms with van der Waals surface area (Å²) in [7, 11) is 0. The number of hydrogen-bond acceptors (Lipinski definition) is 3. The molecular formula is C14H28N2O. The van der Waals surface area contributed by atoms with Crippen molar-refractivity contribution in [2.24, 2.45) is 5.92 Å². The molecule has 1 unspecified atom stereocenters. The zero-order valence-electron chi connectivity index (χ0n) is 11.3. The highest BCUT2D eigenvalue weighted by molar-refractivity contribution is 4.89. The van der Waals surface area contributed by atoms with Crippen molar-refractivity contribution in [1.29, 1.82) is 0 Å². The molecule has 1 aliphatic heterocycles. The van der Waals surface area contributed by atoms with Crippen LogP contribution in [0.15, 0.2) is 0 Å². The molecule has 3 heteroatoms. The Morgan fingerprint density at radius 3 is 2.94 bits per heavy atom. The number of rotatable bonds is 7. The third-order valence-electron chi connectivity index (χ3n) is 3.90. The molecule has 1 N–H and O–H groups in total. The average molecular weight is 240 g/mol. The van der Waals surface area contributed by atoms with E-state index in [0.717, 1.165) is 31.7 Å². The summed E-state index contributed by atoms with van der Waals surface area (Å²) in [5.41, 5.74) is 0. The van der Waals surface area contributed by atoms with E-state index in [1.165, 1.54) is 51.7 Å². The second kappa shape index (κ2) is 7.34. The summed E-state index contributed by atoms with van der Waals surface area (Å²) in [5, 5.41) is 3.70. The third kappa shape index (κ3) is 4.94. The summed E-state index contributed by atoms with van der Waals surface area (Å²) < 4.78 is 5.67. The van der Waals surface area contributed by atoms with Gasteiger partial charge in [-0.3, -0.25) is 4.90 Å². The van der Waals surface area contributed by atoms with Crippen molar-refractivity contribution in [3.63, 3.8) is 0 Å². The Morgan fingerprint density at radius 1 is 1.29 bits per heavy atom. The minimum atomic E-state index is 0.758. The van der Waals surface area contributed by atoms with Gasteiger partial charge in [-0.15, -0.1) is 0 Å². The second-order valence-corrected chi connectivity index (χ2v) is 5.52. The van der Waals surface area contributed by atoms with Gasteiger partial charge in [-0.1, -0.05) is 13.3 Å². The monoisotopic (exact) mass is 240 g/mol. The zero-order chi connectivity index (χ0) is 11.9. The summed E-state index contributed by atoms with van der Waals surface area (Å²) in [6, 6.07) is 0.758. The molecule has 0 amide bonds. The number of unbranched alkanes of at least 4 members (excludes halogenated alkanes) is 1. The number of hydrogen-bond donors (Lipinski definition) is 1. The SMILES string of the molecule is CCCCOCCN1CCCNC(C2CC2)C1. The minimum absolute atomic E-state index is 0.758. The van der Waals surface area contributed by atoms with Gasteiger partial charge in [0, 0.05) is 25.7 Å². The summed E-state index contributed by atoms with van der Waals surface area (Å²) in [6.45, 7) is 8.87. The van der Waals surface area contributed by atoms with Crippen LogP contribution in [0.4, 0.5) is 0 Å². The molecule has 1 saturated carbocycles. The normalized spacial score (nSPS) is 27.0. The van der Waals surface area contributed by atoms with Crippen LogP contribution in [-0.2, 0) is 4.74 Å². The van der Waals surface area contributed by atoms with Crippen LogP contribution >= 0.6 is 0 Å². The van der Waals surface area contributed by atoms with Crippen LogP contribution < -0.4 is 5.32 Å². The Kier molecular flexibility index (Phi) is 5.75. The molecule has 17 heavy (non-hydrogen) atoms. The van der Waals surface area contributed by atoms with Gasteiger partial charge in [0.05, 0.1) is 6.61 Å². The van der Waals surface area contributed by atoms with E-state index in [2.05, 4.69) is 17.1 Å². The van der Waals surface area contributed by atoms with Crippen LogP contribution in [0, 0.1) is 5.92 Å². The molecule has 3 nitrogen and oxygen atoms in total. The van der Waals surface area contributed by atoms with E-state index < -0.39 is 0 Å². The van der Waals surface area contributed by atoms with Crippen LogP contribution in [0.3, 0.4) is 0 Å². The molecule has 0 bridgehead atoms. The first kappa shape index (κ1) is 13.3. The Balaban J connectivity index is 1.60. The predicted octanol–water partition coefficient (Wildman–Crippen LogP) is 1.88. The maximum absolute atomic E-state index is 5.67. The Hall–Kier alpha value is -0.120. The fourth-order valence-electron chi connectivity index (χ4n) is 2.58. The lowest BCUT2D eigenvalue weighted by Crippen LogP contribution is -2.40. The van der Waals surface area contributed by atoms with Crippen LogP contribution in [0.5, 0.6) is 0 Å². The van der Waals surface area contributed by atoms with Crippen LogP contribution in [0.1, 0.15) is 39.0 Å². The molecule has 0 spiro atoms. The van der Waals surface area contributed by atoms with Gasteiger partial charge < -0.3 is 10.1 Å². The summed E-state index contributed by atoms with van der Waals surface area (Å²) >= 11 is 0. The zero-order valence-corrected chi connectivity index (χ0v) is 11.3. The molecule has 1 atom stereocenters. The lowest BCUT2D eigenvalue weighted by Gasteiger charge is -2.24. The van der Waals surface area contributed by atoms with Crippen molar-refractivity contribution >= 4 is 0 Å². The molecule has 0 radical (unpaired) electrons. The number of nitrogens with one attached hydrogen (secondary N) is 1. The molecule has 0 aromatic carbocycles. The highest BCUT2D eigenvalue weighted by Gasteiger charge is 2.32. The van der Waals surface area contributed by atoms with E-state index in [-0.39, 0.29) is 0 Å². The number of ether oxygens (including phenoxy) is 1. The van der Waals surface area contributed by atoms with E-state index in [4.69, 9.17) is 4.74 Å². The van der Waals surface area contributed by atoms with Gasteiger partial charge in [0.2, 0.25) is 0 Å². The highest BCUT2D eigenvalue weighted by atomic mass is 16.5. The first-order chi connectivity index (χ1) is 8.40. The van der Waals surface area contributed by atoms with Gasteiger partial charge in [0.15, 0.2) is 0 Å². The molecule has 0 aromatic heterocycles. The minimum Gasteiger partial charge on any atom is -0.380 e. The second-order valence-electron chi connectivity index (χ2n) is 5.52. The summed E-state index contributed by atoms with van der Waals surface area (Å²) in [5.74, 6) is 0.969. The van der Waals surface area contributed by atoms with Crippen molar-refractivity contribution in [3.8, 4) is 0 Å². The van der Waals surface area contributed by atoms with Crippen molar-refractivity contribution in [3.05, 3.63) is 0 Å². The molecule has 1 heterocycles. The van der Waals surface area contributed by atoms with Crippen LogP contribution in [0.2, 0.25) is 0 Å². The summed E-state index contributed by atoms with van der Waals surface area (Å²) in [6.07, 6.45) is 6.61. The standard InChI is InChI=1S/C14H28N2O/c1-2-3-10-17-11-9-16-8-4-7-15-14(12-16)13-5-6-13/h13-15H,2-12H2,1H3. The van der Waals surface area contributed by atoms with Crippen molar-refractivity contribution in [2.45, 2.75) is 45.1 Å². The lowest BCUT2D eigenvalue weighted by molar-refractivity contribution is 0.100. The van der Waals surface area contributed by atoms with Gasteiger partial charge >= 0.3 is 0 Å². The Labute approximate surface area is 106 Å². The predicted molar refractivity (Wildman–Crippen MR) is 71.3 cm³/mol. The highest BCUT2D eigenvalue weighted by Crippen LogP contribution is 2.33. The molecule has 100 valence electrons. The maximum atomic E-state index is 5.67. The van der Waals surface area contributed by atoms with Gasteiger partial charge in [0.1, 0.15) is 0 Å². The largest absolute Gasteiger partial charge is 0.380 e. The molecule has 0 aromatic rings. The average Bonchev–Trinajstić information content (AvgIpc) is 3.15. The first-order valence-corrected chi connectivity index (χ1v) is 7.43. The lowest BCUT2D eigenvalue weighted by atomic mass is 10.2. The quantitative estimate of drug-likeness (QED) is 0.688. The van der Waals surface area contributed by atoms with Crippen molar-refractivity contribution in [2.75, 3.05) is 39.4 Å². The topological polar surface area (TPSA) is 24.5 Å². The first-order valence-electron chi connectivity index (χ1n) is 7.43. The Morgan fingerprint density at radius 2 is 2.18 bits per heavy atom. The van der Waals surface area contributed by atoms with Gasteiger partial charge in [-0.2, -0.15) is 0 Å². The molecule has 2 rings (SSSR count). The molecule has 1 saturated heterocycles.